The maximum absolute atomic E-state index is 5.60. The van der Waals surface area contributed by atoms with Crippen LogP contribution >= 0.6 is 0 Å². The summed E-state index contributed by atoms with van der Waals surface area (Å²) in [6, 6.07) is 4.68. The van der Waals surface area contributed by atoms with Crippen LogP contribution < -0.4 is 5.32 Å². The Labute approximate surface area is 117 Å². The molecule has 0 amide bonds. The van der Waals surface area contributed by atoms with E-state index in [2.05, 4.69) is 30.1 Å². The lowest BCUT2D eigenvalue weighted by atomic mass is 9.90. The SMILES string of the molecule is CCCN1CCC(C(C)NCc2ccc(C)o2)CC1. The van der Waals surface area contributed by atoms with Crippen molar-refractivity contribution in [3.63, 3.8) is 0 Å². The van der Waals surface area contributed by atoms with Crippen molar-refractivity contribution in [3.05, 3.63) is 23.7 Å². The lowest BCUT2D eigenvalue weighted by Gasteiger charge is -2.35. The molecule has 1 fully saturated rings. The Morgan fingerprint density at radius 1 is 1.37 bits per heavy atom. The maximum Gasteiger partial charge on any atom is 0.117 e. The van der Waals surface area contributed by atoms with Crippen molar-refractivity contribution in [1.29, 1.82) is 0 Å². The van der Waals surface area contributed by atoms with Crippen LogP contribution in [0.25, 0.3) is 0 Å². The Balaban J connectivity index is 1.70. The first-order chi connectivity index (χ1) is 9.19. The van der Waals surface area contributed by atoms with Gasteiger partial charge in [-0.1, -0.05) is 6.92 Å². The van der Waals surface area contributed by atoms with Crippen molar-refractivity contribution in [2.75, 3.05) is 19.6 Å². The van der Waals surface area contributed by atoms with Crippen LogP contribution in [0.1, 0.15) is 44.6 Å². The van der Waals surface area contributed by atoms with Crippen molar-refractivity contribution in [3.8, 4) is 0 Å². The van der Waals surface area contributed by atoms with Crippen LogP contribution in [-0.4, -0.2) is 30.6 Å². The number of likely N-dealkylation sites (tertiary alicyclic amines) is 1. The summed E-state index contributed by atoms with van der Waals surface area (Å²) >= 11 is 0. The molecule has 1 N–H and O–H groups in total. The molecule has 0 radical (unpaired) electrons. The Hall–Kier alpha value is -0.800. The number of hydrogen-bond acceptors (Lipinski definition) is 3. The van der Waals surface area contributed by atoms with Crippen LogP contribution in [0.5, 0.6) is 0 Å². The summed E-state index contributed by atoms with van der Waals surface area (Å²) in [5.41, 5.74) is 0. The summed E-state index contributed by atoms with van der Waals surface area (Å²) in [6.45, 7) is 11.2. The molecule has 3 heteroatoms. The molecule has 2 heterocycles. The molecule has 3 nitrogen and oxygen atoms in total. The molecule has 0 saturated carbocycles. The Bertz CT molecular complexity index is 367. The van der Waals surface area contributed by atoms with E-state index in [1.54, 1.807) is 0 Å². The van der Waals surface area contributed by atoms with Crippen molar-refractivity contribution in [2.45, 2.75) is 52.6 Å². The number of piperidine rings is 1. The third kappa shape index (κ3) is 4.36. The first-order valence-electron chi connectivity index (χ1n) is 7.70. The minimum Gasteiger partial charge on any atom is -0.465 e. The summed E-state index contributed by atoms with van der Waals surface area (Å²) in [7, 11) is 0. The van der Waals surface area contributed by atoms with Gasteiger partial charge in [0.15, 0.2) is 0 Å². The number of hydrogen-bond donors (Lipinski definition) is 1. The Morgan fingerprint density at radius 2 is 2.11 bits per heavy atom. The second-order valence-corrected chi connectivity index (χ2v) is 5.86. The second-order valence-electron chi connectivity index (χ2n) is 5.86. The molecule has 1 aromatic rings. The van der Waals surface area contributed by atoms with Gasteiger partial charge in [-0.2, -0.15) is 0 Å². The lowest BCUT2D eigenvalue weighted by molar-refractivity contribution is 0.161. The zero-order valence-electron chi connectivity index (χ0n) is 12.6. The molecule has 1 aromatic heterocycles. The fourth-order valence-electron chi connectivity index (χ4n) is 3.00. The molecule has 2 rings (SSSR count). The van der Waals surface area contributed by atoms with Gasteiger partial charge in [0, 0.05) is 6.04 Å². The summed E-state index contributed by atoms with van der Waals surface area (Å²) in [5.74, 6) is 2.86. The molecule has 108 valence electrons. The fraction of sp³-hybridized carbons (Fsp3) is 0.750. The molecule has 1 unspecified atom stereocenters. The highest BCUT2D eigenvalue weighted by Gasteiger charge is 2.23. The van der Waals surface area contributed by atoms with Gasteiger partial charge in [0.2, 0.25) is 0 Å². The molecular formula is C16H28N2O. The van der Waals surface area contributed by atoms with Gasteiger partial charge in [-0.15, -0.1) is 0 Å². The topological polar surface area (TPSA) is 28.4 Å². The van der Waals surface area contributed by atoms with Gasteiger partial charge in [0.25, 0.3) is 0 Å². The van der Waals surface area contributed by atoms with E-state index in [0.717, 1.165) is 24.0 Å². The predicted octanol–water partition coefficient (Wildman–Crippen LogP) is 3.19. The number of nitrogens with one attached hydrogen (secondary N) is 1. The van der Waals surface area contributed by atoms with E-state index in [4.69, 9.17) is 4.42 Å². The average Bonchev–Trinajstić information content (AvgIpc) is 2.83. The van der Waals surface area contributed by atoms with Crippen LogP contribution in [0.15, 0.2) is 16.5 Å². The minimum atomic E-state index is 0.578. The first kappa shape index (κ1) is 14.6. The normalized spacial score (nSPS) is 19.7. The summed E-state index contributed by atoms with van der Waals surface area (Å²) in [4.78, 5) is 2.60. The van der Waals surface area contributed by atoms with Gasteiger partial charge in [0.05, 0.1) is 6.54 Å². The Morgan fingerprint density at radius 3 is 2.68 bits per heavy atom. The third-order valence-corrected chi connectivity index (χ3v) is 4.27. The van der Waals surface area contributed by atoms with Crippen molar-refractivity contribution >= 4 is 0 Å². The number of rotatable bonds is 6. The van der Waals surface area contributed by atoms with Gasteiger partial charge < -0.3 is 14.6 Å². The predicted molar refractivity (Wildman–Crippen MR) is 79.2 cm³/mol. The molecule has 19 heavy (non-hydrogen) atoms. The van der Waals surface area contributed by atoms with Gasteiger partial charge in [0.1, 0.15) is 11.5 Å². The van der Waals surface area contributed by atoms with Crippen LogP contribution in [0.3, 0.4) is 0 Å². The maximum atomic E-state index is 5.60. The monoisotopic (exact) mass is 264 g/mol. The summed E-state index contributed by atoms with van der Waals surface area (Å²) in [6.07, 6.45) is 3.92. The van der Waals surface area contributed by atoms with E-state index >= 15 is 0 Å². The number of aryl methyl sites for hydroxylation is 1. The minimum absolute atomic E-state index is 0.578. The van der Waals surface area contributed by atoms with E-state index in [1.807, 2.05) is 13.0 Å². The molecule has 1 saturated heterocycles. The van der Waals surface area contributed by atoms with Gasteiger partial charge in [-0.05, 0) is 70.8 Å². The van der Waals surface area contributed by atoms with Crippen LogP contribution in [-0.2, 0) is 6.54 Å². The van der Waals surface area contributed by atoms with Crippen LogP contribution in [0, 0.1) is 12.8 Å². The van der Waals surface area contributed by atoms with Gasteiger partial charge in [-0.25, -0.2) is 0 Å². The summed E-state index contributed by atoms with van der Waals surface area (Å²) in [5, 5.41) is 3.62. The van der Waals surface area contributed by atoms with Gasteiger partial charge in [-0.3, -0.25) is 0 Å². The zero-order valence-corrected chi connectivity index (χ0v) is 12.6. The third-order valence-electron chi connectivity index (χ3n) is 4.27. The smallest absolute Gasteiger partial charge is 0.117 e. The molecule has 1 atom stereocenters. The highest BCUT2D eigenvalue weighted by atomic mass is 16.3. The van der Waals surface area contributed by atoms with Crippen LogP contribution in [0.2, 0.25) is 0 Å². The van der Waals surface area contributed by atoms with E-state index in [9.17, 15) is 0 Å². The average molecular weight is 264 g/mol. The molecule has 1 aliphatic heterocycles. The van der Waals surface area contributed by atoms with E-state index < -0.39 is 0 Å². The van der Waals surface area contributed by atoms with Crippen LogP contribution in [0.4, 0.5) is 0 Å². The second kappa shape index (κ2) is 7.11. The van der Waals surface area contributed by atoms with E-state index in [-0.39, 0.29) is 0 Å². The number of nitrogens with zero attached hydrogens (tertiary/aromatic N) is 1. The first-order valence-corrected chi connectivity index (χ1v) is 7.70. The highest BCUT2D eigenvalue weighted by Crippen LogP contribution is 2.21. The van der Waals surface area contributed by atoms with Crippen molar-refractivity contribution < 1.29 is 4.42 Å². The molecule has 0 bridgehead atoms. The molecule has 1 aliphatic rings. The highest BCUT2D eigenvalue weighted by molar-refractivity contribution is 5.05. The molecular weight excluding hydrogens is 236 g/mol. The van der Waals surface area contributed by atoms with E-state index in [1.165, 1.54) is 38.9 Å². The zero-order chi connectivity index (χ0) is 13.7. The standard InChI is InChI=1S/C16H28N2O/c1-4-9-18-10-7-15(8-11-18)14(3)17-12-16-6-5-13(2)19-16/h5-6,14-15,17H,4,7-12H2,1-3H3. The van der Waals surface area contributed by atoms with Crippen molar-refractivity contribution in [1.82, 2.24) is 10.2 Å². The largest absolute Gasteiger partial charge is 0.465 e. The number of furan rings is 1. The Kier molecular flexibility index (Phi) is 5.46. The summed E-state index contributed by atoms with van der Waals surface area (Å²) < 4.78 is 5.60. The quantitative estimate of drug-likeness (QED) is 0.855. The van der Waals surface area contributed by atoms with E-state index in [0.29, 0.717) is 6.04 Å². The van der Waals surface area contributed by atoms with Crippen molar-refractivity contribution in [2.24, 2.45) is 5.92 Å². The molecule has 0 spiro atoms. The lowest BCUT2D eigenvalue weighted by Crippen LogP contribution is -2.41. The molecule has 0 aromatic carbocycles. The fourth-order valence-corrected chi connectivity index (χ4v) is 3.00. The van der Waals surface area contributed by atoms with Gasteiger partial charge >= 0.3 is 0 Å². The molecule has 0 aliphatic carbocycles.